The zero-order valence-electron chi connectivity index (χ0n) is 6.66. The van der Waals surface area contributed by atoms with Gasteiger partial charge in [-0.05, 0) is 13.0 Å². The molecule has 0 aromatic heterocycles. The maximum atomic E-state index is 10.9. The Bertz CT molecular complexity index is 299. The fourth-order valence-corrected chi connectivity index (χ4v) is 4.68. The Morgan fingerprint density at radius 2 is 2.00 bits per heavy atom. The van der Waals surface area contributed by atoms with Gasteiger partial charge in [-0.25, -0.2) is 0 Å². The van der Waals surface area contributed by atoms with Crippen LogP contribution < -0.4 is 5.73 Å². The highest BCUT2D eigenvalue weighted by atomic mass is 31.3. The van der Waals surface area contributed by atoms with Crippen LogP contribution in [-0.4, -0.2) is 26.3 Å². The van der Waals surface area contributed by atoms with Gasteiger partial charge in [-0.3, -0.25) is 13.7 Å². The molecule has 78 valence electrons. The largest absolute Gasteiger partial charge is 0.374 e. The second kappa shape index (κ2) is 3.14. The van der Waals surface area contributed by atoms with Crippen molar-refractivity contribution in [2.45, 2.75) is 17.9 Å². The Balaban J connectivity index is 2.83. The van der Waals surface area contributed by atoms with Crippen molar-refractivity contribution >= 4 is 15.2 Å². The van der Waals surface area contributed by atoms with Gasteiger partial charge >= 0.3 is 15.2 Å². The Morgan fingerprint density at radius 3 is 2.23 bits per heavy atom. The van der Waals surface area contributed by atoms with Gasteiger partial charge in [-0.2, -0.15) is 0 Å². The summed E-state index contributed by atoms with van der Waals surface area (Å²) in [5.41, 5.74) is 5.12. The van der Waals surface area contributed by atoms with E-state index in [-0.39, 0.29) is 19.4 Å². The van der Waals surface area contributed by atoms with E-state index < -0.39 is 20.3 Å². The fourth-order valence-electron chi connectivity index (χ4n) is 1.06. The summed E-state index contributed by atoms with van der Waals surface area (Å²) in [6, 6.07) is 0. The lowest BCUT2D eigenvalue weighted by Crippen LogP contribution is -2.12. The van der Waals surface area contributed by atoms with Crippen molar-refractivity contribution in [3.8, 4) is 0 Å². The number of nitrogens with two attached hydrogens (primary N) is 1. The van der Waals surface area contributed by atoms with Crippen LogP contribution in [0.3, 0.4) is 0 Å². The molecule has 1 rings (SSSR count). The molecule has 0 spiro atoms. The molecule has 0 aliphatic carbocycles. The quantitative estimate of drug-likeness (QED) is 0.388. The minimum Gasteiger partial charge on any atom is -0.330 e. The average molecular weight is 231 g/mol. The number of hydrogen-bond acceptors (Lipinski definition) is 4. The summed E-state index contributed by atoms with van der Waals surface area (Å²) in [5.74, 6) is 0. The molecule has 0 saturated carbocycles. The van der Waals surface area contributed by atoms with Crippen molar-refractivity contribution in [2.24, 2.45) is 5.73 Å². The van der Waals surface area contributed by atoms with Crippen LogP contribution in [-0.2, 0) is 13.7 Å². The van der Waals surface area contributed by atoms with Gasteiger partial charge in [0.1, 0.15) is 0 Å². The minimum atomic E-state index is -4.70. The average Bonchev–Trinajstić information content (AvgIpc) is 2.49. The van der Waals surface area contributed by atoms with E-state index in [9.17, 15) is 9.13 Å². The summed E-state index contributed by atoms with van der Waals surface area (Å²) in [6.45, 7) is 0.186. The molecule has 5 N–H and O–H groups in total. The predicted octanol–water partition coefficient (Wildman–Crippen LogP) is -0.228. The predicted molar refractivity (Wildman–Crippen MR) is 44.0 cm³/mol. The second-order valence-electron chi connectivity index (χ2n) is 2.79. The van der Waals surface area contributed by atoms with Crippen LogP contribution in [0, 0.1) is 0 Å². The summed E-state index contributed by atoms with van der Waals surface area (Å²) in [6.07, 6.45) is 0.0389. The van der Waals surface area contributed by atoms with E-state index in [1.54, 1.807) is 0 Å². The van der Waals surface area contributed by atoms with E-state index in [0.717, 1.165) is 0 Å². The number of rotatable bonds is 4. The maximum absolute atomic E-state index is 10.9. The van der Waals surface area contributed by atoms with Crippen molar-refractivity contribution in [1.82, 2.24) is 0 Å². The van der Waals surface area contributed by atoms with Crippen molar-refractivity contribution in [3.05, 3.63) is 0 Å². The molecule has 0 radical (unpaired) electrons. The van der Waals surface area contributed by atoms with E-state index in [1.807, 2.05) is 0 Å². The SMILES string of the molecule is NCCCC1(P(=O)(O)O)OP1(=O)O. The molecule has 0 aromatic carbocycles. The summed E-state index contributed by atoms with van der Waals surface area (Å²) >= 11 is 0. The van der Waals surface area contributed by atoms with Crippen molar-refractivity contribution < 1.29 is 28.3 Å². The lowest BCUT2D eigenvalue weighted by Gasteiger charge is -2.10. The Hall–Kier alpha value is 0.260. The van der Waals surface area contributed by atoms with Crippen LogP contribution in [0.1, 0.15) is 12.8 Å². The van der Waals surface area contributed by atoms with Gasteiger partial charge in [0.05, 0.1) is 0 Å². The zero-order valence-corrected chi connectivity index (χ0v) is 8.45. The first-order valence-electron chi connectivity index (χ1n) is 3.56. The summed E-state index contributed by atoms with van der Waals surface area (Å²) in [4.78, 5) is 26.5. The Labute approximate surface area is 74.6 Å². The molecule has 0 amide bonds. The van der Waals surface area contributed by atoms with Crippen LogP contribution in [0.5, 0.6) is 0 Å². The van der Waals surface area contributed by atoms with E-state index in [4.69, 9.17) is 20.4 Å². The summed E-state index contributed by atoms with van der Waals surface area (Å²) < 4.78 is 26.0. The molecule has 2 unspecified atom stereocenters. The van der Waals surface area contributed by atoms with Gasteiger partial charge in [0.2, 0.25) is 0 Å². The molecule has 0 aromatic rings. The van der Waals surface area contributed by atoms with Gasteiger partial charge in [0, 0.05) is 6.42 Å². The first kappa shape index (κ1) is 11.3. The van der Waals surface area contributed by atoms with Crippen LogP contribution in [0.25, 0.3) is 0 Å². The molecule has 1 aliphatic heterocycles. The number of hydrogen-bond donors (Lipinski definition) is 4. The molecule has 1 aliphatic rings. The Kier molecular flexibility index (Phi) is 2.74. The van der Waals surface area contributed by atoms with Gasteiger partial charge < -0.3 is 20.4 Å². The minimum absolute atomic E-state index is 0.186. The normalized spacial score (nSPS) is 39.1. The van der Waals surface area contributed by atoms with Crippen LogP contribution in [0.4, 0.5) is 0 Å². The molecule has 9 heteroatoms. The Morgan fingerprint density at radius 1 is 1.54 bits per heavy atom. The standard InChI is InChI=1S/C4H11NO6P2/c5-3-1-2-4(12(6,7)8)11-13(4,9)10/h1-3,5H2,(H,9,10)(H2,6,7,8). The topological polar surface area (TPSA) is 133 Å². The third-order valence-corrected chi connectivity index (χ3v) is 6.34. The van der Waals surface area contributed by atoms with Crippen molar-refractivity contribution in [2.75, 3.05) is 6.54 Å². The second-order valence-corrected chi connectivity index (χ2v) is 6.90. The lowest BCUT2D eigenvalue weighted by atomic mass is 10.3. The molecule has 13 heavy (non-hydrogen) atoms. The van der Waals surface area contributed by atoms with E-state index in [2.05, 4.69) is 4.52 Å². The zero-order chi connectivity index (χ0) is 10.3. The molecular weight excluding hydrogens is 220 g/mol. The van der Waals surface area contributed by atoms with E-state index in [1.165, 1.54) is 0 Å². The van der Waals surface area contributed by atoms with Crippen LogP contribution in [0.2, 0.25) is 0 Å². The van der Waals surface area contributed by atoms with Crippen LogP contribution in [0.15, 0.2) is 0 Å². The highest BCUT2D eigenvalue weighted by Crippen LogP contribution is 2.89. The highest BCUT2D eigenvalue weighted by molar-refractivity contribution is 7.78. The van der Waals surface area contributed by atoms with Crippen molar-refractivity contribution in [3.63, 3.8) is 0 Å². The molecule has 1 saturated heterocycles. The van der Waals surface area contributed by atoms with Gasteiger partial charge in [0.15, 0.2) is 0 Å². The molecule has 2 atom stereocenters. The van der Waals surface area contributed by atoms with E-state index in [0.29, 0.717) is 0 Å². The molecule has 7 nitrogen and oxygen atoms in total. The van der Waals surface area contributed by atoms with Crippen LogP contribution >= 0.6 is 15.2 Å². The first-order chi connectivity index (χ1) is 5.77. The summed E-state index contributed by atoms with van der Waals surface area (Å²) in [5, 5.41) is -2.17. The van der Waals surface area contributed by atoms with Crippen molar-refractivity contribution in [1.29, 1.82) is 0 Å². The maximum Gasteiger partial charge on any atom is 0.374 e. The third-order valence-electron chi connectivity index (χ3n) is 1.84. The monoisotopic (exact) mass is 231 g/mol. The molecule has 1 fully saturated rings. The smallest absolute Gasteiger partial charge is 0.330 e. The van der Waals surface area contributed by atoms with Gasteiger partial charge in [-0.1, -0.05) is 0 Å². The van der Waals surface area contributed by atoms with E-state index >= 15 is 0 Å². The third kappa shape index (κ3) is 1.74. The highest BCUT2D eigenvalue weighted by Gasteiger charge is 2.78. The summed E-state index contributed by atoms with van der Waals surface area (Å²) in [7, 11) is -8.80. The first-order valence-corrected chi connectivity index (χ1v) is 6.75. The molecule has 1 heterocycles. The molecule has 0 bridgehead atoms. The van der Waals surface area contributed by atoms with Gasteiger partial charge in [0.25, 0.3) is 5.08 Å². The molecular formula is C4H11NO6P2. The van der Waals surface area contributed by atoms with Gasteiger partial charge in [-0.15, -0.1) is 0 Å². The fraction of sp³-hybridized carbons (Fsp3) is 1.00. The lowest BCUT2D eigenvalue weighted by molar-refractivity contribution is 0.280.